The van der Waals surface area contributed by atoms with E-state index in [2.05, 4.69) is 16.0 Å². The minimum absolute atomic E-state index is 0.408. The van der Waals surface area contributed by atoms with Crippen molar-refractivity contribution in [3.05, 3.63) is 41.3 Å². The first-order chi connectivity index (χ1) is 9.28. The van der Waals surface area contributed by atoms with Gasteiger partial charge < -0.3 is 10.5 Å². The first-order valence-electron chi connectivity index (χ1n) is 6.08. The van der Waals surface area contributed by atoms with Gasteiger partial charge in [-0.25, -0.2) is 9.97 Å². The fraction of sp³-hybridized carbons (Fsp3) is 0.214. The topological polar surface area (TPSA) is 84.8 Å². The van der Waals surface area contributed by atoms with E-state index in [9.17, 15) is 0 Å². The Kier molecular flexibility index (Phi) is 2.76. The van der Waals surface area contributed by atoms with Crippen molar-refractivity contribution in [1.29, 1.82) is 5.26 Å². The van der Waals surface area contributed by atoms with E-state index in [4.69, 9.17) is 15.7 Å². The van der Waals surface area contributed by atoms with Crippen molar-refractivity contribution in [2.75, 3.05) is 5.73 Å². The van der Waals surface area contributed by atoms with Crippen molar-refractivity contribution in [1.82, 2.24) is 9.97 Å². The molecule has 0 spiro atoms. The van der Waals surface area contributed by atoms with Crippen LogP contribution < -0.4 is 10.5 Å². The van der Waals surface area contributed by atoms with E-state index in [0.717, 1.165) is 30.5 Å². The number of nitriles is 1. The molecule has 0 saturated carbocycles. The first kappa shape index (κ1) is 11.5. The molecule has 0 radical (unpaired) electrons. The van der Waals surface area contributed by atoms with Crippen molar-refractivity contribution in [3.63, 3.8) is 0 Å². The molecular weight excluding hydrogens is 240 g/mol. The molecule has 1 aliphatic rings. The molecule has 5 nitrogen and oxygen atoms in total. The summed E-state index contributed by atoms with van der Waals surface area (Å²) >= 11 is 0. The summed E-state index contributed by atoms with van der Waals surface area (Å²) in [6.45, 7) is 0. The molecule has 94 valence electrons. The molecule has 1 heterocycles. The summed E-state index contributed by atoms with van der Waals surface area (Å²) in [4.78, 5) is 8.41. The first-order valence-corrected chi connectivity index (χ1v) is 6.08. The van der Waals surface area contributed by atoms with Gasteiger partial charge in [0.1, 0.15) is 18.1 Å². The Morgan fingerprint density at radius 2 is 2.16 bits per heavy atom. The van der Waals surface area contributed by atoms with Crippen molar-refractivity contribution in [3.8, 4) is 17.7 Å². The van der Waals surface area contributed by atoms with Crippen LogP contribution in [0.15, 0.2) is 24.5 Å². The molecule has 19 heavy (non-hydrogen) atoms. The van der Waals surface area contributed by atoms with Crippen molar-refractivity contribution < 1.29 is 4.74 Å². The molecule has 1 aromatic carbocycles. The molecule has 0 saturated heterocycles. The Morgan fingerprint density at radius 3 is 3.00 bits per heavy atom. The van der Waals surface area contributed by atoms with Crippen LogP contribution in [0.4, 0.5) is 5.69 Å². The number of aryl methyl sites for hydroxylation is 1. The zero-order valence-corrected chi connectivity index (χ0v) is 10.3. The lowest BCUT2D eigenvalue weighted by Crippen LogP contribution is -1.98. The molecule has 1 aliphatic carbocycles. The van der Waals surface area contributed by atoms with E-state index >= 15 is 0 Å². The summed E-state index contributed by atoms with van der Waals surface area (Å²) < 4.78 is 5.77. The Labute approximate surface area is 110 Å². The van der Waals surface area contributed by atoms with E-state index in [1.807, 2.05) is 0 Å². The molecule has 0 bridgehead atoms. The number of hydrogen-bond acceptors (Lipinski definition) is 5. The summed E-state index contributed by atoms with van der Waals surface area (Å²) in [6.07, 6.45) is 4.45. The third-order valence-corrected chi connectivity index (χ3v) is 3.17. The standard InChI is InChI=1S/C14H12N4O/c15-7-9-6-10(16)4-5-13(9)19-14-11-2-1-3-12(11)17-8-18-14/h4-6,8H,1-3,16H2. The minimum atomic E-state index is 0.408. The Balaban J connectivity index is 1.99. The number of rotatable bonds is 2. The summed E-state index contributed by atoms with van der Waals surface area (Å²) in [6, 6.07) is 7.07. The van der Waals surface area contributed by atoms with Crippen molar-refractivity contribution in [2.24, 2.45) is 0 Å². The van der Waals surface area contributed by atoms with Gasteiger partial charge in [0.2, 0.25) is 5.88 Å². The lowest BCUT2D eigenvalue weighted by molar-refractivity contribution is 0.454. The monoisotopic (exact) mass is 252 g/mol. The third-order valence-electron chi connectivity index (χ3n) is 3.17. The molecule has 0 amide bonds. The van der Waals surface area contributed by atoms with Crippen LogP contribution in [0.3, 0.4) is 0 Å². The van der Waals surface area contributed by atoms with Crippen LogP contribution in [0.25, 0.3) is 0 Å². The maximum Gasteiger partial charge on any atom is 0.225 e. The number of fused-ring (bicyclic) bond motifs is 1. The number of ether oxygens (including phenoxy) is 1. The van der Waals surface area contributed by atoms with Gasteiger partial charge >= 0.3 is 0 Å². The van der Waals surface area contributed by atoms with E-state index in [0.29, 0.717) is 22.9 Å². The number of aromatic nitrogens is 2. The highest BCUT2D eigenvalue weighted by molar-refractivity contribution is 5.54. The van der Waals surface area contributed by atoms with Crippen LogP contribution in [-0.2, 0) is 12.8 Å². The highest BCUT2D eigenvalue weighted by Crippen LogP contribution is 2.32. The second-order valence-electron chi connectivity index (χ2n) is 4.43. The van der Waals surface area contributed by atoms with Gasteiger partial charge in [-0.2, -0.15) is 5.26 Å². The fourth-order valence-corrected chi connectivity index (χ4v) is 2.25. The van der Waals surface area contributed by atoms with E-state index < -0.39 is 0 Å². The fourth-order valence-electron chi connectivity index (χ4n) is 2.25. The second kappa shape index (κ2) is 4.58. The lowest BCUT2D eigenvalue weighted by atomic mass is 10.2. The number of anilines is 1. The van der Waals surface area contributed by atoms with Gasteiger partial charge in [-0.15, -0.1) is 0 Å². The summed E-state index contributed by atoms with van der Waals surface area (Å²) in [5.41, 5.74) is 8.69. The number of nitrogens with zero attached hydrogens (tertiary/aromatic N) is 3. The molecule has 5 heteroatoms. The number of nitrogen functional groups attached to an aromatic ring is 1. The maximum atomic E-state index is 9.10. The highest BCUT2D eigenvalue weighted by atomic mass is 16.5. The molecule has 2 N–H and O–H groups in total. The van der Waals surface area contributed by atoms with E-state index in [1.165, 1.54) is 6.33 Å². The predicted molar refractivity (Wildman–Crippen MR) is 69.7 cm³/mol. The van der Waals surface area contributed by atoms with Gasteiger partial charge in [-0.05, 0) is 37.5 Å². The number of benzene rings is 1. The van der Waals surface area contributed by atoms with Crippen LogP contribution >= 0.6 is 0 Å². The Morgan fingerprint density at radius 1 is 1.26 bits per heavy atom. The molecule has 2 aromatic rings. The molecular formula is C14H12N4O. The summed E-state index contributed by atoms with van der Waals surface area (Å²) in [5, 5.41) is 9.10. The van der Waals surface area contributed by atoms with Crippen LogP contribution in [-0.4, -0.2) is 9.97 Å². The highest BCUT2D eigenvalue weighted by Gasteiger charge is 2.19. The smallest absolute Gasteiger partial charge is 0.225 e. The largest absolute Gasteiger partial charge is 0.437 e. The van der Waals surface area contributed by atoms with Gasteiger partial charge in [0, 0.05) is 11.3 Å². The van der Waals surface area contributed by atoms with Crippen LogP contribution in [0.1, 0.15) is 23.2 Å². The SMILES string of the molecule is N#Cc1cc(N)ccc1Oc1ncnc2c1CCC2. The average Bonchev–Trinajstić information content (AvgIpc) is 2.90. The van der Waals surface area contributed by atoms with Gasteiger partial charge in [0.25, 0.3) is 0 Å². The second-order valence-corrected chi connectivity index (χ2v) is 4.43. The van der Waals surface area contributed by atoms with E-state index in [-0.39, 0.29) is 0 Å². The lowest BCUT2D eigenvalue weighted by Gasteiger charge is -2.10. The van der Waals surface area contributed by atoms with Crippen molar-refractivity contribution >= 4 is 5.69 Å². The predicted octanol–water partition coefficient (Wildman–Crippen LogP) is 2.21. The van der Waals surface area contributed by atoms with Gasteiger partial charge in [0.05, 0.1) is 11.3 Å². The quantitative estimate of drug-likeness (QED) is 0.828. The van der Waals surface area contributed by atoms with Gasteiger partial charge in [0.15, 0.2) is 0 Å². The molecule has 0 atom stereocenters. The maximum absolute atomic E-state index is 9.10. The minimum Gasteiger partial charge on any atom is -0.437 e. The molecule has 1 aromatic heterocycles. The van der Waals surface area contributed by atoms with Gasteiger partial charge in [-0.3, -0.25) is 0 Å². The zero-order valence-electron chi connectivity index (χ0n) is 10.3. The summed E-state index contributed by atoms with van der Waals surface area (Å²) in [7, 11) is 0. The van der Waals surface area contributed by atoms with Crippen LogP contribution in [0.2, 0.25) is 0 Å². The average molecular weight is 252 g/mol. The van der Waals surface area contributed by atoms with E-state index in [1.54, 1.807) is 18.2 Å². The van der Waals surface area contributed by atoms with Crippen LogP contribution in [0, 0.1) is 11.3 Å². The zero-order chi connectivity index (χ0) is 13.2. The molecule has 0 aliphatic heterocycles. The Hall–Kier alpha value is -2.61. The molecule has 0 unspecified atom stereocenters. The number of nitrogens with two attached hydrogens (primary N) is 1. The Bertz CT molecular complexity index is 676. The normalized spacial score (nSPS) is 12.8. The third kappa shape index (κ3) is 2.08. The van der Waals surface area contributed by atoms with Gasteiger partial charge in [-0.1, -0.05) is 0 Å². The molecule has 3 rings (SSSR count). The summed E-state index contributed by atoms with van der Waals surface area (Å²) in [5.74, 6) is 1.02. The number of hydrogen-bond donors (Lipinski definition) is 1. The van der Waals surface area contributed by atoms with Crippen molar-refractivity contribution in [2.45, 2.75) is 19.3 Å². The van der Waals surface area contributed by atoms with Crippen LogP contribution in [0.5, 0.6) is 11.6 Å². The molecule has 0 fully saturated rings.